The molecule has 276 valence electrons. The Morgan fingerprint density at radius 3 is 2.47 bits per heavy atom. The largest absolute Gasteiger partial charge is 0.393 e. The van der Waals surface area contributed by atoms with Gasteiger partial charge in [-0.1, -0.05) is 0 Å². The predicted octanol–water partition coefficient (Wildman–Crippen LogP) is -0.689. The molecule has 0 radical (unpaired) electrons. The summed E-state index contributed by atoms with van der Waals surface area (Å²) in [6.07, 6.45) is 8.70. The third kappa shape index (κ3) is 13.0. The number of aliphatic hydroxyl groups is 4. The lowest BCUT2D eigenvalue weighted by molar-refractivity contribution is -0.700. The average Bonchev–Trinajstić information content (AvgIpc) is 3.04. The molecule has 2 saturated heterocycles. The Bertz CT molecular complexity index is 860. The van der Waals surface area contributed by atoms with E-state index in [1.807, 2.05) is 0 Å². The highest BCUT2D eigenvalue weighted by Gasteiger charge is 2.44. The van der Waals surface area contributed by atoms with Gasteiger partial charge >= 0.3 is 0 Å². The van der Waals surface area contributed by atoms with Crippen molar-refractivity contribution in [3.8, 4) is 0 Å². The Kier molecular flexibility index (Phi) is 17.1. The van der Waals surface area contributed by atoms with Gasteiger partial charge < -0.3 is 50.0 Å². The molecule has 0 aromatic carbocycles. The van der Waals surface area contributed by atoms with E-state index in [-0.39, 0.29) is 42.6 Å². The van der Waals surface area contributed by atoms with E-state index in [1.54, 1.807) is 14.0 Å². The van der Waals surface area contributed by atoms with Crippen LogP contribution in [-0.2, 0) is 18.9 Å². The van der Waals surface area contributed by atoms with Gasteiger partial charge in [0.1, 0.15) is 18.3 Å². The monoisotopic (exact) mass is 675 g/mol. The number of aliphatic hydroxyl groups excluding tert-OH is 4. The van der Waals surface area contributed by atoms with E-state index in [9.17, 15) is 20.4 Å². The van der Waals surface area contributed by atoms with Gasteiger partial charge in [-0.15, -0.1) is 0 Å². The lowest BCUT2D eigenvalue weighted by Gasteiger charge is -2.44. The second kappa shape index (κ2) is 20.4. The molecule has 0 aromatic rings. The van der Waals surface area contributed by atoms with Crippen LogP contribution in [0.1, 0.15) is 97.3 Å². The highest BCUT2D eigenvalue weighted by molar-refractivity contribution is 4.94. The minimum atomic E-state index is -0.686. The molecule has 0 bridgehead atoms. The first kappa shape index (κ1) is 39.3. The van der Waals surface area contributed by atoms with E-state index in [0.29, 0.717) is 63.4 Å². The number of nitrogens with two attached hydrogens (primary N) is 3. The minimum absolute atomic E-state index is 0.0241. The van der Waals surface area contributed by atoms with Crippen LogP contribution in [0.2, 0.25) is 0 Å². The van der Waals surface area contributed by atoms with Crippen molar-refractivity contribution in [3.05, 3.63) is 0 Å². The molecule has 0 spiro atoms. The molecule has 2 aliphatic heterocycles. The van der Waals surface area contributed by atoms with Crippen LogP contribution in [0.15, 0.2) is 0 Å². The molecule has 4 rings (SSSR count). The van der Waals surface area contributed by atoms with Gasteiger partial charge in [-0.05, 0) is 102 Å². The molecule has 2 heterocycles. The molecule has 4 fully saturated rings. The zero-order valence-corrected chi connectivity index (χ0v) is 29.5. The third-order valence-electron chi connectivity index (χ3n) is 11.4. The molecule has 2 saturated carbocycles. The number of piperidine rings is 1. The fourth-order valence-electron chi connectivity index (χ4n) is 8.63. The van der Waals surface area contributed by atoms with Gasteiger partial charge in [0.25, 0.3) is 0 Å². The van der Waals surface area contributed by atoms with Crippen molar-refractivity contribution in [2.45, 2.75) is 164 Å². The van der Waals surface area contributed by atoms with Gasteiger partial charge in [0.2, 0.25) is 0 Å². The van der Waals surface area contributed by atoms with Crippen molar-refractivity contribution in [1.29, 1.82) is 0 Å². The normalized spacial score (nSPS) is 39.8. The number of likely N-dealkylation sites (N-methyl/N-ethyl adjacent to an activating group) is 1. The van der Waals surface area contributed by atoms with E-state index >= 15 is 0 Å². The van der Waals surface area contributed by atoms with Crippen LogP contribution < -0.4 is 21.7 Å². The quantitative estimate of drug-likeness (QED) is 0.0683. The second-order valence-electron chi connectivity index (χ2n) is 15.3. The molecule has 9 unspecified atom stereocenters. The van der Waals surface area contributed by atoms with Gasteiger partial charge in [-0.3, -0.25) is 11.1 Å². The Labute approximate surface area is 283 Å². The molecule has 0 aromatic heterocycles. The number of ether oxygens (including phenoxy) is 4. The van der Waals surface area contributed by atoms with Crippen molar-refractivity contribution >= 4 is 0 Å². The lowest BCUT2D eigenvalue weighted by atomic mass is 9.77. The van der Waals surface area contributed by atoms with Gasteiger partial charge in [0.15, 0.2) is 0 Å². The summed E-state index contributed by atoms with van der Waals surface area (Å²) in [5, 5.41) is 49.7. The number of methoxy groups -OCH3 is 1. The molecule has 12 nitrogen and oxygen atoms in total. The van der Waals surface area contributed by atoms with Crippen molar-refractivity contribution < 1.29 is 50.0 Å². The first-order valence-electron chi connectivity index (χ1n) is 18.9. The number of hydrogen-bond donors (Lipinski definition) is 8. The third-order valence-corrected chi connectivity index (χ3v) is 11.4. The number of rotatable bonds is 18. The van der Waals surface area contributed by atoms with Gasteiger partial charge in [-0.2, -0.15) is 0 Å². The van der Waals surface area contributed by atoms with Crippen LogP contribution in [-0.4, -0.2) is 128 Å². The molecule has 4 aliphatic rings. The fourth-order valence-corrected chi connectivity index (χ4v) is 8.63. The molecule has 11 N–H and O–H groups in total. The van der Waals surface area contributed by atoms with Crippen LogP contribution in [0.3, 0.4) is 0 Å². The van der Waals surface area contributed by atoms with E-state index < -0.39 is 24.4 Å². The summed E-state index contributed by atoms with van der Waals surface area (Å²) < 4.78 is 24.9. The topological polar surface area (TPSA) is 189 Å². The van der Waals surface area contributed by atoms with E-state index in [0.717, 1.165) is 64.5 Å². The summed E-state index contributed by atoms with van der Waals surface area (Å²) in [4.78, 5) is 0. The Balaban J connectivity index is 1.26. The zero-order valence-electron chi connectivity index (χ0n) is 29.5. The molecule has 0 amide bonds. The SMILES string of the molecule is CC[NH2+][C@H](CCC1CC[NH2+]C(N)C1)COC1CC([C@H]2C[C@@H](O)C[C@H](CCC3CCC(O)C(OCNC[C@H](C)O)C3)O2)CC(OC)C1O. The molecule has 12 heteroatoms. The first-order valence-corrected chi connectivity index (χ1v) is 18.9. The summed E-state index contributed by atoms with van der Waals surface area (Å²) in [7, 11) is 1.66. The van der Waals surface area contributed by atoms with Crippen molar-refractivity contribution in [2.75, 3.05) is 40.1 Å². The predicted molar refractivity (Wildman–Crippen MR) is 178 cm³/mol. The van der Waals surface area contributed by atoms with Crippen LogP contribution in [0, 0.1) is 17.8 Å². The summed E-state index contributed by atoms with van der Waals surface area (Å²) in [5.74, 6) is 1.25. The molecule has 47 heavy (non-hydrogen) atoms. The van der Waals surface area contributed by atoms with Gasteiger partial charge in [0.05, 0.1) is 75.3 Å². The van der Waals surface area contributed by atoms with E-state index in [2.05, 4.69) is 22.9 Å². The highest BCUT2D eigenvalue weighted by Crippen LogP contribution is 2.38. The number of quaternary nitrogens is 2. The van der Waals surface area contributed by atoms with Gasteiger partial charge in [0, 0.05) is 26.5 Å². The van der Waals surface area contributed by atoms with Crippen LogP contribution in [0.5, 0.6) is 0 Å². The van der Waals surface area contributed by atoms with Crippen LogP contribution in [0.25, 0.3) is 0 Å². The molecule has 2 aliphatic carbocycles. The van der Waals surface area contributed by atoms with Gasteiger partial charge in [-0.25, -0.2) is 0 Å². The Hall–Kier alpha value is -0.480. The lowest BCUT2D eigenvalue weighted by Crippen LogP contribution is -2.94. The summed E-state index contributed by atoms with van der Waals surface area (Å²) >= 11 is 0. The summed E-state index contributed by atoms with van der Waals surface area (Å²) in [5.41, 5.74) is 6.19. The molecular formula is C35H70N4O8+2. The minimum Gasteiger partial charge on any atom is -0.393 e. The summed E-state index contributed by atoms with van der Waals surface area (Å²) in [6, 6.07) is 0.347. The Morgan fingerprint density at radius 2 is 1.72 bits per heavy atom. The average molecular weight is 675 g/mol. The van der Waals surface area contributed by atoms with E-state index in [1.165, 1.54) is 6.42 Å². The Morgan fingerprint density at radius 1 is 0.936 bits per heavy atom. The van der Waals surface area contributed by atoms with E-state index in [4.69, 9.17) is 24.7 Å². The maximum Gasteiger partial charge on any atom is 0.137 e. The van der Waals surface area contributed by atoms with Crippen LogP contribution >= 0.6 is 0 Å². The first-order chi connectivity index (χ1) is 22.6. The van der Waals surface area contributed by atoms with Crippen molar-refractivity contribution in [2.24, 2.45) is 23.5 Å². The number of nitrogens with one attached hydrogen (secondary N) is 1. The van der Waals surface area contributed by atoms with Crippen LogP contribution in [0.4, 0.5) is 0 Å². The fraction of sp³-hybridized carbons (Fsp3) is 1.00. The maximum atomic E-state index is 11.2. The zero-order chi connectivity index (χ0) is 33.8. The van der Waals surface area contributed by atoms with Crippen molar-refractivity contribution in [3.63, 3.8) is 0 Å². The second-order valence-corrected chi connectivity index (χ2v) is 15.3. The highest BCUT2D eigenvalue weighted by atomic mass is 16.5. The maximum absolute atomic E-state index is 11.2. The standard InChI is InChI=1S/C35H68N4O8/c1-4-38-26(8-5-24-11-12-39-34(36)14-24)20-45-33-16-25(15-32(44-3)35(33)43)30-18-27(41)17-28(47-30)9-6-23-7-10-29(42)31(13-23)46-21-37-19-22(2)40/h22-35,37-43H,4-21,36H2,1-3H3/p+2/t22-,23?,24?,25?,26+,27-,28-,29?,30+,31?,32?,33?,34?,35?/m0/s1. The molecule has 14 atom stereocenters. The smallest absolute Gasteiger partial charge is 0.137 e. The summed E-state index contributed by atoms with van der Waals surface area (Å²) in [6.45, 7) is 7.38. The molecular weight excluding hydrogens is 604 g/mol. The van der Waals surface area contributed by atoms with Crippen molar-refractivity contribution in [1.82, 2.24) is 5.32 Å². The number of hydrogen-bond acceptors (Lipinski definition) is 10.